The quantitative estimate of drug-likeness (QED) is 0.801. The molecule has 4 aliphatic carbocycles. The molecule has 0 aliphatic heterocycles. The Balaban J connectivity index is 1.22. The Hall–Kier alpha value is -1.85. The Kier molecular flexibility index (Phi) is 4.29. The molecule has 0 spiro atoms. The average molecular weight is 346 g/mol. The van der Waals surface area contributed by atoms with Crippen molar-refractivity contribution < 1.29 is 18.8 Å². The molecule has 4 fully saturated rings. The molecule has 6 nitrogen and oxygen atoms in total. The van der Waals surface area contributed by atoms with E-state index in [2.05, 4.69) is 10.5 Å². The van der Waals surface area contributed by atoms with Gasteiger partial charge in [0.05, 0.1) is 0 Å². The van der Waals surface area contributed by atoms with Gasteiger partial charge in [-0.25, -0.2) is 0 Å². The molecule has 5 rings (SSSR count). The summed E-state index contributed by atoms with van der Waals surface area (Å²) < 4.78 is 10.0. The van der Waals surface area contributed by atoms with Crippen molar-refractivity contribution in [2.75, 3.05) is 6.54 Å². The predicted molar refractivity (Wildman–Crippen MR) is 89.3 cm³/mol. The first-order valence-electron chi connectivity index (χ1n) is 9.34. The number of rotatable bonds is 6. The Labute approximate surface area is 147 Å². The summed E-state index contributed by atoms with van der Waals surface area (Å²) in [7, 11) is 0. The highest BCUT2D eigenvalue weighted by Gasteiger charge is 2.51. The van der Waals surface area contributed by atoms with Gasteiger partial charge in [-0.3, -0.25) is 9.59 Å². The van der Waals surface area contributed by atoms with Crippen LogP contribution < -0.4 is 5.32 Å². The van der Waals surface area contributed by atoms with E-state index in [1.165, 1.54) is 38.5 Å². The molecule has 0 unspecified atom stereocenters. The molecular formula is C19H26N2O4. The number of hydrogen-bond acceptors (Lipinski definition) is 5. The van der Waals surface area contributed by atoms with Gasteiger partial charge in [-0.2, -0.15) is 0 Å². The number of ether oxygens (including phenoxy) is 1. The highest BCUT2D eigenvalue weighted by atomic mass is 16.5. The lowest BCUT2D eigenvalue weighted by atomic mass is 9.49. The van der Waals surface area contributed by atoms with Gasteiger partial charge in [0.2, 0.25) is 5.91 Å². The Morgan fingerprint density at radius 2 is 1.88 bits per heavy atom. The third-order valence-electron chi connectivity index (χ3n) is 6.19. The molecule has 6 heteroatoms. The summed E-state index contributed by atoms with van der Waals surface area (Å²) in [6.45, 7) is 1.77. The maximum Gasteiger partial charge on any atom is 0.325 e. The summed E-state index contributed by atoms with van der Waals surface area (Å²) >= 11 is 0. The van der Waals surface area contributed by atoms with Gasteiger partial charge in [0.25, 0.3) is 0 Å². The monoisotopic (exact) mass is 346 g/mol. The summed E-state index contributed by atoms with van der Waals surface area (Å²) in [6, 6.07) is 1.72. The first-order valence-corrected chi connectivity index (χ1v) is 9.34. The van der Waals surface area contributed by atoms with Crippen LogP contribution in [0.2, 0.25) is 0 Å². The maximum atomic E-state index is 12.4. The Bertz CT molecular complexity index is 631. The minimum Gasteiger partial charge on any atom is -0.458 e. The maximum absolute atomic E-state index is 12.4. The van der Waals surface area contributed by atoms with Crippen LogP contribution >= 0.6 is 0 Å². The highest BCUT2D eigenvalue weighted by molar-refractivity contribution is 5.82. The largest absolute Gasteiger partial charge is 0.458 e. The van der Waals surface area contributed by atoms with E-state index in [1.807, 2.05) is 0 Å². The van der Waals surface area contributed by atoms with Gasteiger partial charge in [0.15, 0.2) is 0 Å². The lowest BCUT2D eigenvalue weighted by molar-refractivity contribution is -0.146. The molecule has 4 saturated carbocycles. The van der Waals surface area contributed by atoms with E-state index < -0.39 is 5.97 Å². The van der Waals surface area contributed by atoms with Crippen molar-refractivity contribution in [1.29, 1.82) is 0 Å². The molecule has 1 aromatic heterocycles. The molecule has 0 atom stereocenters. The summed E-state index contributed by atoms with van der Waals surface area (Å²) in [5, 5.41) is 6.51. The topological polar surface area (TPSA) is 81.4 Å². The van der Waals surface area contributed by atoms with Crippen LogP contribution in [0.5, 0.6) is 0 Å². The van der Waals surface area contributed by atoms with Crippen molar-refractivity contribution >= 4 is 11.9 Å². The molecule has 25 heavy (non-hydrogen) atoms. The third-order valence-corrected chi connectivity index (χ3v) is 6.19. The molecule has 0 saturated heterocycles. The van der Waals surface area contributed by atoms with Gasteiger partial charge in [0, 0.05) is 12.5 Å². The number of amides is 1. The fourth-order valence-electron chi connectivity index (χ4n) is 5.77. The predicted octanol–water partition coefficient (Wildman–Crippen LogP) is 2.75. The van der Waals surface area contributed by atoms with Crippen molar-refractivity contribution in [3.63, 3.8) is 0 Å². The summed E-state index contributed by atoms with van der Waals surface area (Å²) in [4.78, 5) is 24.2. The van der Waals surface area contributed by atoms with Crippen molar-refractivity contribution in [2.45, 2.75) is 58.5 Å². The van der Waals surface area contributed by atoms with Crippen molar-refractivity contribution in [1.82, 2.24) is 10.5 Å². The molecule has 0 radical (unpaired) electrons. The fourth-order valence-corrected chi connectivity index (χ4v) is 5.77. The first-order chi connectivity index (χ1) is 12.0. The van der Waals surface area contributed by atoms with E-state index in [9.17, 15) is 9.59 Å². The number of hydrogen-bond donors (Lipinski definition) is 1. The van der Waals surface area contributed by atoms with Crippen LogP contribution in [0.4, 0.5) is 0 Å². The fraction of sp³-hybridized carbons (Fsp3) is 0.737. The average Bonchev–Trinajstić information content (AvgIpc) is 2.94. The standard InChI is InChI=1S/C19H26N2O4/c1-12-2-16(21-25-12)11-24-18(23)10-20-17(22)9-19-6-13-3-14(7-19)5-15(4-13)8-19/h2,13-15H,3-11H2,1H3,(H,20,22). The molecule has 1 N–H and O–H groups in total. The molecule has 4 aliphatic rings. The lowest BCUT2D eigenvalue weighted by Gasteiger charge is -2.56. The SMILES string of the molecule is Cc1cc(COC(=O)CNC(=O)CC23CC4CC(CC(C4)C2)C3)no1. The summed E-state index contributed by atoms with van der Waals surface area (Å²) in [5.41, 5.74) is 0.770. The number of nitrogens with zero attached hydrogens (tertiary/aromatic N) is 1. The first kappa shape index (κ1) is 16.6. The van der Waals surface area contributed by atoms with E-state index in [1.54, 1.807) is 13.0 Å². The number of carbonyl (C=O) groups is 2. The zero-order valence-corrected chi connectivity index (χ0v) is 14.8. The second-order valence-electron chi connectivity index (χ2n) is 8.46. The molecular weight excluding hydrogens is 320 g/mol. The molecule has 0 aromatic carbocycles. The summed E-state index contributed by atoms with van der Waals surface area (Å²) in [6.07, 6.45) is 8.26. The van der Waals surface area contributed by atoms with Gasteiger partial charge in [-0.05, 0) is 68.6 Å². The van der Waals surface area contributed by atoms with E-state index in [0.29, 0.717) is 17.9 Å². The van der Waals surface area contributed by atoms with Crippen LogP contribution in [0.1, 0.15) is 56.4 Å². The molecule has 136 valence electrons. The molecule has 1 aromatic rings. The van der Waals surface area contributed by atoms with Gasteiger partial charge < -0.3 is 14.6 Å². The number of esters is 1. The molecule has 1 heterocycles. The van der Waals surface area contributed by atoms with Gasteiger partial charge >= 0.3 is 5.97 Å². The number of aromatic nitrogens is 1. The molecule has 1 amide bonds. The Morgan fingerprint density at radius 3 is 2.44 bits per heavy atom. The van der Waals surface area contributed by atoms with Crippen LogP contribution in [0.25, 0.3) is 0 Å². The van der Waals surface area contributed by atoms with E-state index in [0.717, 1.165) is 17.8 Å². The minimum absolute atomic E-state index is 0.0174. The summed E-state index contributed by atoms with van der Waals surface area (Å²) in [5.74, 6) is 2.70. The number of aryl methyl sites for hydroxylation is 1. The normalized spacial score (nSPS) is 32.6. The highest BCUT2D eigenvalue weighted by Crippen LogP contribution is 2.61. The molecule has 4 bridgehead atoms. The van der Waals surface area contributed by atoms with Crippen LogP contribution in [0, 0.1) is 30.1 Å². The van der Waals surface area contributed by atoms with Crippen molar-refractivity contribution in [3.8, 4) is 0 Å². The second kappa shape index (κ2) is 6.46. The zero-order valence-electron chi connectivity index (χ0n) is 14.8. The van der Waals surface area contributed by atoms with Crippen LogP contribution in [0.15, 0.2) is 10.6 Å². The lowest BCUT2D eigenvalue weighted by Crippen LogP contribution is -2.48. The Morgan fingerprint density at radius 1 is 1.24 bits per heavy atom. The van der Waals surface area contributed by atoms with E-state index in [4.69, 9.17) is 9.26 Å². The van der Waals surface area contributed by atoms with Crippen molar-refractivity contribution in [2.24, 2.45) is 23.2 Å². The van der Waals surface area contributed by atoms with E-state index >= 15 is 0 Å². The van der Waals surface area contributed by atoms with Crippen LogP contribution in [-0.2, 0) is 20.9 Å². The minimum atomic E-state index is -0.445. The van der Waals surface area contributed by atoms with Gasteiger partial charge in [-0.15, -0.1) is 0 Å². The number of nitrogens with one attached hydrogen (secondary N) is 1. The van der Waals surface area contributed by atoms with Crippen LogP contribution in [-0.4, -0.2) is 23.6 Å². The van der Waals surface area contributed by atoms with Gasteiger partial charge in [-0.1, -0.05) is 5.16 Å². The van der Waals surface area contributed by atoms with Crippen molar-refractivity contribution in [3.05, 3.63) is 17.5 Å². The van der Waals surface area contributed by atoms with E-state index in [-0.39, 0.29) is 24.5 Å². The second-order valence-corrected chi connectivity index (χ2v) is 8.46. The number of carbonyl (C=O) groups excluding carboxylic acids is 2. The third kappa shape index (κ3) is 3.72. The van der Waals surface area contributed by atoms with Gasteiger partial charge in [0.1, 0.15) is 24.6 Å². The zero-order chi connectivity index (χ0) is 17.4. The van der Waals surface area contributed by atoms with Crippen LogP contribution in [0.3, 0.4) is 0 Å². The smallest absolute Gasteiger partial charge is 0.325 e.